The zero-order valence-corrected chi connectivity index (χ0v) is 11.8. The Bertz CT molecular complexity index is 686. The number of carbonyl (C=O) groups excluding carboxylic acids is 1. The monoisotopic (exact) mass is 290 g/mol. The van der Waals surface area contributed by atoms with E-state index >= 15 is 0 Å². The molecule has 20 heavy (non-hydrogen) atoms. The fourth-order valence-electron chi connectivity index (χ4n) is 2.23. The highest BCUT2D eigenvalue weighted by Gasteiger charge is 2.20. The van der Waals surface area contributed by atoms with Crippen LogP contribution in [0.1, 0.15) is 34.4 Å². The van der Waals surface area contributed by atoms with Crippen molar-refractivity contribution in [3.63, 3.8) is 0 Å². The number of hydrogen-bond acceptors (Lipinski definition) is 5. The van der Waals surface area contributed by atoms with Crippen LogP contribution in [0, 0.1) is 5.92 Å². The summed E-state index contributed by atoms with van der Waals surface area (Å²) in [4.78, 5) is 28.6. The zero-order chi connectivity index (χ0) is 14.1. The number of nitrogens with zero attached hydrogens (tertiary/aromatic N) is 2. The number of anilines is 1. The van der Waals surface area contributed by atoms with Crippen LogP contribution in [-0.4, -0.2) is 21.1 Å². The number of aromatic nitrogens is 3. The van der Waals surface area contributed by atoms with Crippen LogP contribution in [0.5, 0.6) is 0 Å². The Hall–Kier alpha value is -2.02. The molecule has 0 aromatic carbocycles. The Morgan fingerprint density at radius 3 is 3.10 bits per heavy atom. The second-order valence-corrected chi connectivity index (χ2v) is 6.08. The van der Waals surface area contributed by atoms with E-state index in [0.29, 0.717) is 11.0 Å². The van der Waals surface area contributed by atoms with Gasteiger partial charge in [-0.3, -0.25) is 14.9 Å². The van der Waals surface area contributed by atoms with E-state index in [4.69, 9.17) is 0 Å². The number of fused-ring (bicyclic) bond motifs is 1. The van der Waals surface area contributed by atoms with E-state index in [9.17, 15) is 9.59 Å². The van der Waals surface area contributed by atoms with Crippen LogP contribution in [0.2, 0.25) is 0 Å². The van der Waals surface area contributed by atoms with Gasteiger partial charge in [-0.2, -0.15) is 5.10 Å². The summed E-state index contributed by atoms with van der Waals surface area (Å²) in [5.41, 5.74) is 0.934. The molecule has 0 spiro atoms. The molecule has 3 rings (SSSR count). The average Bonchev–Trinajstić information content (AvgIpc) is 2.80. The Morgan fingerprint density at radius 1 is 1.50 bits per heavy atom. The highest BCUT2D eigenvalue weighted by molar-refractivity contribution is 7.15. The van der Waals surface area contributed by atoms with Crippen LogP contribution in [0.3, 0.4) is 0 Å². The first-order chi connectivity index (χ1) is 9.61. The van der Waals surface area contributed by atoms with Crippen LogP contribution in [0.15, 0.2) is 16.9 Å². The van der Waals surface area contributed by atoms with Crippen molar-refractivity contribution in [1.82, 2.24) is 15.2 Å². The summed E-state index contributed by atoms with van der Waals surface area (Å²) in [6.45, 7) is 2.23. The van der Waals surface area contributed by atoms with Gasteiger partial charge in [-0.05, 0) is 31.2 Å². The normalized spacial score (nSPS) is 17.6. The smallest absolute Gasteiger partial charge is 0.277 e. The molecular weight excluding hydrogens is 276 g/mol. The number of amides is 1. The summed E-state index contributed by atoms with van der Waals surface area (Å²) in [6, 6.07) is 2.67. The number of thiazole rings is 1. The fraction of sp³-hybridized carbons (Fsp3) is 0.385. The lowest BCUT2D eigenvalue weighted by Crippen LogP contribution is -2.17. The number of H-pyrrole nitrogens is 1. The van der Waals surface area contributed by atoms with Gasteiger partial charge in [0.2, 0.25) is 0 Å². The summed E-state index contributed by atoms with van der Waals surface area (Å²) in [7, 11) is 0. The summed E-state index contributed by atoms with van der Waals surface area (Å²) in [5.74, 6) is 0.313. The minimum absolute atomic E-state index is 0.172. The van der Waals surface area contributed by atoms with Gasteiger partial charge in [0.15, 0.2) is 5.13 Å². The molecule has 104 valence electrons. The van der Waals surface area contributed by atoms with Crippen molar-refractivity contribution < 1.29 is 4.79 Å². The van der Waals surface area contributed by atoms with Gasteiger partial charge in [0, 0.05) is 10.9 Å². The molecule has 2 N–H and O–H groups in total. The molecule has 1 atom stereocenters. The van der Waals surface area contributed by atoms with Crippen molar-refractivity contribution in [2.75, 3.05) is 5.32 Å². The molecule has 0 saturated carbocycles. The van der Waals surface area contributed by atoms with Crippen molar-refractivity contribution in [3.8, 4) is 0 Å². The first-order valence-electron chi connectivity index (χ1n) is 6.47. The molecule has 2 heterocycles. The standard InChI is InChI=1S/C13H14N4O2S/c1-7-2-3-8-10(6-7)20-13(14-8)15-12(19)9-4-5-11(18)17-16-9/h4-5,7H,2-3,6H2,1H3,(H,17,18)(H,14,15,19). The molecule has 1 amide bonds. The highest BCUT2D eigenvalue weighted by Crippen LogP contribution is 2.32. The quantitative estimate of drug-likeness (QED) is 0.879. The zero-order valence-electron chi connectivity index (χ0n) is 11.0. The maximum atomic E-state index is 12.0. The van der Waals surface area contributed by atoms with E-state index in [1.807, 2.05) is 0 Å². The minimum atomic E-state index is -0.361. The molecule has 6 nitrogen and oxygen atoms in total. The lowest BCUT2D eigenvalue weighted by atomic mass is 9.93. The lowest BCUT2D eigenvalue weighted by molar-refractivity contribution is 0.102. The Morgan fingerprint density at radius 2 is 2.35 bits per heavy atom. The third-order valence-corrected chi connectivity index (χ3v) is 4.35. The molecule has 0 radical (unpaired) electrons. The molecule has 2 aromatic rings. The summed E-state index contributed by atoms with van der Waals surface area (Å²) in [6.07, 6.45) is 3.14. The van der Waals surface area contributed by atoms with Gasteiger partial charge in [0.05, 0.1) is 5.69 Å². The Balaban J connectivity index is 1.76. The van der Waals surface area contributed by atoms with Gasteiger partial charge in [0.25, 0.3) is 11.5 Å². The topological polar surface area (TPSA) is 87.7 Å². The summed E-state index contributed by atoms with van der Waals surface area (Å²) in [5, 5.41) is 9.27. The van der Waals surface area contributed by atoms with Crippen LogP contribution in [0.4, 0.5) is 5.13 Å². The first kappa shape index (κ1) is 13.0. The predicted octanol–water partition coefficient (Wildman–Crippen LogP) is 1.60. The van der Waals surface area contributed by atoms with E-state index in [1.165, 1.54) is 28.3 Å². The van der Waals surface area contributed by atoms with E-state index < -0.39 is 0 Å². The van der Waals surface area contributed by atoms with E-state index in [-0.39, 0.29) is 17.2 Å². The van der Waals surface area contributed by atoms with Crippen LogP contribution in [0.25, 0.3) is 0 Å². The fourth-order valence-corrected chi connectivity index (χ4v) is 3.39. The minimum Gasteiger partial charge on any atom is -0.296 e. The van der Waals surface area contributed by atoms with E-state index in [2.05, 4.69) is 27.4 Å². The van der Waals surface area contributed by atoms with Crippen molar-refractivity contribution >= 4 is 22.4 Å². The SMILES string of the molecule is CC1CCc2nc(NC(=O)c3ccc(=O)[nH]n3)sc2C1. The van der Waals surface area contributed by atoms with Crippen LogP contribution in [-0.2, 0) is 12.8 Å². The van der Waals surface area contributed by atoms with Crippen LogP contribution >= 0.6 is 11.3 Å². The molecule has 0 saturated heterocycles. The molecule has 1 unspecified atom stereocenters. The van der Waals surface area contributed by atoms with Gasteiger partial charge in [-0.25, -0.2) is 10.1 Å². The molecule has 0 fully saturated rings. The number of rotatable bonds is 2. The van der Waals surface area contributed by atoms with Crippen molar-refractivity contribution in [3.05, 3.63) is 38.8 Å². The average molecular weight is 290 g/mol. The largest absolute Gasteiger partial charge is 0.296 e. The van der Waals surface area contributed by atoms with Gasteiger partial charge in [-0.15, -0.1) is 11.3 Å². The second-order valence-electron chi connectivity index (χ2n) is 5.00. The van der Waals surface area contributed by atoms with Crippen LogP contribution < -0.4 is 10.9 Å². The molecule has 0 bridgehead atoms. The maximum Gasteiger partial charge on any atom is 0.277 e. The van der Waals surface area contributed by atoms with Gasteiger partial charge < -0.3 is 0 Å². The molecular formula is C13H14N4O2S. The molecule has 2 aromatic heterocycles. The molecule has 1 aliphatic rings. The first-order valence-corrected chi connectivity index (χ1v) is 7.29. The third kappa shape index (κ3) is 2.62. The molecule has 0 aliphatic heterocycles. The van der Waals surface area contributed by atoms with E-state index in [0.717, 1.165) is 25.0 Å². The number of aromatic amines is 1. The van der Waals surface area contributed by atoms with E-state index in [1.54, 1.807) is 0 Å². The second kappa shape index (κ2) is 5.16. The van der Waals surface area contributed by atoms with Gasteiger partial charge in [-0.1, -0.05) is 6.92 Å². The number of nitrogens with one attached hydrogen (secondary N) is 2. The summed E-state index contributed by atoms with van der Waals surface area (Å²) >= 11 is 1.52. The maximum absolute atomic E-state index is 12.0. The Kier molecular flexibility index (Phi) is 3.35. The van der Waals surface area contributed by atoms with Crippen molar-refractivity contribution in [2.24, 2.45) is 5.92 Å². The summed E-state index contributed by atoms with van der Waals surface area (Å²) < 4.78 is 0. The molecule has 7 heteroatoms. The van der Waals surface area contributed by atoms with Gasteiger partial charge >= 0.3 is 0 Å². The predicted molar refractivity (Wildman–Crippen MR) is 76.1 cm³/mol. The molecule has 1 aliphatic carbocycles. The lowest BCUT2D eigenvalue weighted by Gasteiger charge is -2.15. The number of aryl methyl sites for hydroxylation is 1. The third-order valence-electron chi connectivity index (χ3n) is 3.32. The number of hydrogen-bond donors (Lipinski definition) is 2. The van der Waals surface area contributed by atoms with Crippen molar-refractivity contribution in [1.29, 1.82) is 0 Å². The Labute approximate surface area is 119 Å². The highest BCUT2D eigenvalue weighted by atomic mass is 32.1. The number of carbonyl (C=O) groups is 1. The van der Waals surface area contributed by atoms with Crippen molar-refractivity contribution in [2.45, 2.75) is 26.2 Å². The van der Waals surface area contributed by atoms with Gasteiger partial charge in [0.1, 0.15) is 5.69 Å².